The van der Waals surface area contributed by atoms with E-state index in [1.807, 2.05) is 19.1 Å². The molecule has 0 aromatic heterocycles. The van der Waals surface area contributed by atoms with Crippen LogP contribution in [0, 0.1) is 12.3 Å². The van der Waals surface area contributed by atoms with Gasteiger partial charge in [-0.05, 0) is 37.1 Å². The summed E-state index contributed by atoms with van der Waals surface area (Å²) >= 11 is 0. The molecule has 1 aromatic rings. The van der Waals surface area contributed by atoms with Crippen LogP contribution in [0.15, 0.2) is 12.1 Å². The summed E-state index contributed by atoms with van der Waals surface area (Å²) in [6.07, 6.45) is 0. The fourth-order valence-electron chi connectivity index (χ4n) is 1.98. The van der Waals surface area contributed by atoms with E-state index in [2.05, 4.69) is 20.8 Å². The first kappa shape index (κ1) is 12.2. The van der Waals surface area contributed by atoms with Crippen molar-refractivity contribution in [1.82, 2.24) is 0 Å². The van der Waals surface area contributed by atoms with Crippen molar-refractivity contribution in [2.24, 2.45) is 11.1 Å². The summed E-state index contributed by atoms with van der Waals surface area (Å²) in [6, 6.07) is 4.05. The number of hydrogen-bond donors (Lipinski definition) is 1. The lowest BCUT2D eigenvalue weighted by Crippen LogP contribution is -2.26. The highest BCUT2D eigenvalue weighted by atomic mass is 16.5. The molecule has 2 N–H and O–H groups in total. The van der Waals surface area contributed by atoms with Gasteiger partial charge in [0, 0.05) is 11.5 Å². The van der Waals surface area contributed by atoms with E-state index in [0.29, 0.717) is 13.2 Å². The van der Waals surface area contributed by atoms with Crippen LogP contribution >= 0.6 is 0 Å². The number of fused-ring (bicyclic) bond motifs is 1. The molecule has 0 radical (unpaired) electrons. The third kappa shape index (κ3) is 2.55. The molecule has 0 spiro atoms. The average Bonchev–Trinajstić information content (AvgIpc) is 2.37. The summed E-state index contributed by atoms with van der Waals surface area (Å²) in [7, 11) is 0. The van der Waals surface area contributed by atoms with Crippen LogP contribution in [0.5, 0.6) is 11.5 Å². The Morgan fingerprint density at radius 3 is 2.24 bits per heavy atom. The van der Waals surface area contributed by atoms with Crippen LogP contribution < -0.4 is 15.2 Å². The summed E-state index contributed by atoms with van der Waals surface area (Å²) in [5.74, 6) is 1.64. The number of rotatable bonds is 1. The molecular weight excluding hydrogens is 214 g/mol. The summed E-state index contributed by atoms with van der Waals surface area (Å²) in [5, 5.41) is 0. The van der Waals surface area contributed by atoms with E-state index in [0.717, 1.165) is 22.6 Å². The van der Waals surface area contributed by atoms with Crippen LogP contribution in [0.1, 0.15) is 37.9 Å². The van der Waals surface area contributed by atoms with Crippen molar-refractivity contribution in [3.63, 3.8) is 0 Å². The maximum Gasteiger partial charge on any atom is 0.161 e. The van der Waals surface area contributed by atoms with Gasteiger partial charge in [-0.15, -0.1) is 0 Å². The van der Waals surface area contributed by atoms with Gasteiger partial charge in [-0.3, -0.25) is 0 Å². The third-order valence-electron chi connectivity index (χ3n) is 3.06. The van der Waals surface area contributed by atoms with E-state index in [4.69, 9.17) is 15.2 Å². The van der Waals surface area contributed by atoms with Gasteiger partial charge in [0.2, 0.25) is 0 Å². The van der Waals surface area contributed by atoms with Crippen molar-refractivity contribution in [2.45, 2.75) is 33.7 Å². The largest absolute Gasteiger partial charge is 0.489 e. The Kier molecular flexibility index (Phi) is 3.04. The topological polar surface area (TPSA) is 44.5 Å². The van der Waals surface area contributed by atoms with Crippen LogP contribution in [0.4, 0.5) is 0 Å². The molecule has 1 aliphatic heterocycles. The van der Waals surface area contributed by atoms with Gasteiger partial charge in [0.1, 0.15) is 0 Å². The second-order valence-electron chi connectivity index (χ2n) is 5.69. The normalized spacial score (nSPS) is 19.6. The van der Waals surface area contributed by atoms with E-state index in [1.54, 1.807) is 0 Å². The van der Waals surface area contributed by atoms with Gasteiger partial charge in [0.15, 0.2) is 11.5 Å². The standard InChI is InChI=1S/C14H21NO2/c1-9-5-12-13(6-11(9)10(2)15)17-8-14(3,4)7-16-12/h5-6,10H,7-8,15H2,1-4H3. The lowest BCUT2D eigenvalue weighted by Gasteiger charge is -2.19. The Labute approximate surface area is 103 Å². The fourth-order valence-corrected chi connectivity index (χ4v) is 1.98. The van der Waals surface area contributed by atoms with Crippen LogP contribution in [-0.2, 0) is 0 Å². The molecule has 3 heteroatoms. The van der Waals surface area contributed by atoms with Crippen molar-refractivity contribution in [1.29, 1.82) is 0 Å². The number of aryl methyl sites for hydroxylation is 1. The molecule has 0 saturated heterocycles. The predicted molar refractivity (Wildman–Crippen MR) is 68.6 cm³/mol. The zero-order valence-corrected chi connectivity index (χ0v) is 11.0. The van der Waals surface area contributed by atoms with E-state index >= 15 is 0 Å². The van der Waals surface area contributed by atoms with Crippen LogP contribution in [0.2, 0.25) is 0 Å². The quantitative estimate of drug-likeness (QED) is 0.814. The minimum absolute atomic E-state index is 0.0140. The molecule has 1 atom stereocenters. The molecule has 1 aromatic carbocycles. The number of ether oxygens (including phenoxy) is 2. The number of benzene rings is 1. The molecule has 94 valence electrons. The Balaban J connectivity index is 2.38. The molecule has 1 unspecified atom stereocenters. The molecule has 2 rings (SSSR count). The van der Waals surface area contributed by atoms with Gasteiger partial charge in [-0.25, -0.2) is 0 Å². The molecule has 0 bridgehead atoms. The number of nitrogens with two attached hydrogens (primary N) is 1. The molecule has 0 fully saturated rings. The van der Waals surface area contributed by atoms with E-state index < -0.39 is 0 Å². The summed E-state index contributed by atoms with van der Waals surface area (Å²) in [4.78, 5) is 0. The van der Waals surface area contributed by atoms with Crippen LogP contribution in [0.25, 0.3) is 0 Å². The fraction of sp³-hybridized carbons (Fsp3) is 0.571. The Morgan fingerprint density at radius 1 is 1.18 bits per heavy atom. The van der Waals surface area contributed by atoms with E-state index in [9.17, 15) is 0 Å². The first-order chi connectivity index (χ1) is 7.89. The smallest absolute Gasteiger partial charge is 0.161 e. The zero-order valence-electron chi connectivity index (χ0n) is 11.0. The average molecular weight is 235 g/mol. The van der Waals surface area contributed by atoms with Crippen LogP contribution in [-0.4, -0.2) is 13.2 Å². The van der Waals surface area contributed by atoms with E-state index in [1.165, 1.54) is 0 Å². The first-order valence-corrected chi connectivity index (χ1v) is 6.05. The first-order valence-electron chi connectivity index (χ1n) is 6.05. The Bertz CT molecular complexity index is 424. The van der Waals surface area contributed by atoms with Crippen molar-refractivity contribution < 1.29 is 9.47 Å². The lowest BCUT2D eigenvalue weighted by atomic mass is 9.97. The molecule has 1 aliphatic rings. The molecule has 0 saturated carbocycles. The van der Waals surface area contributed by atoms with Gasteiger partial charge < -0.3 is 15.2 Å². The minimum atomic E-state index is 0.0140. The van der Waals surface area contributed by atoms with Crippen molar-refractivity contribution in [2.75, 3.05) is 13.2 Å². The van der Waals surface area contributed by atoms with Gasteiger partial charge in [0.25, 0.3) is 0 Å². The highest BCUT2D eigenvalue weighted by Gasteiger charge is 2.25. The van der Waals surface area contributed by atoms with Gasteiger partial charge in [0.05, 0.1) is 13.2 Å². The molecule has 0 aliphatic carbocycles. The molecular formula is C14H21NO2. The third-order valence-corrected chi connectivity index (χ3v) is 3.06. The maximum atomic E-state index is 5.94. The number of hydrogen-bond acceptors (Lipinski definition) is 3. The minimum Gasteiger partial charge on any atom is -0.489 e. The predicted octanol–water partition coefficient (Wildman–Crippen LogP) is 2.81. The summed E-state index contributed by atoms with van der Waals surface area (Å²) in [5.41, 5.74) is 8.26. The molecule has 17 heavy (non-hydrogen) atoms. The monoisotopic (exact) mass is 235 g/mol. The van der Waals surface area contributed by atoms with Gasteiger partial charge >= 0.3 is 0 Å². The second kappa shape index (κ2) is 4.22. The Morgan fingerprint density at radius 2 is 1.71 bits per heavy atom. The second-order valence-corrected chi connectivity index (χ2v) is 5.69. The van der Waals surface area contributed by atoms with Crippen molar-refractivity contribution in [3.8, 4) is 11.5 Å². The highest BCUT2D eigenvalue weighted by Crippen LogP contribution is 2.37. The molecule has 3 nitrogen and oxygen atoms in total. The maximum absolute atomic E-state index is 5.94. The van der Waals surface area contributed by atoms with E-state index in [-0.39, 0.29) is 11.5 Å². The molecule has 1 heterocycles. The van der Waals surface area contributed by atoms with Gasteiger partial charge in [-0.1, -0.05) is 13.8 Å². The van der Waals surface area contributed by atoms with Gasteiger partial charge in [-0.2, -0.15) is 0 Å². The highest BCUT2D eigenvalue weighted by molar-refractivity contribution is 5.48. The summed E-state index contributed by atoms with van der Waals surface area (Å²) in [6.45, 7) is 9.66. The molecule has 0 amide bonds. The van der Waals surface area contributed by atoms with Crippen molar-refractivity contribution >= 4 is 0 Å². The lowest BCUT2D eigenvalue weighted by molar-refractivity contribution is 0.140. The Hall–Kier alpha value is -1.22. The van der Waals surface area contributed by atoms with Crippen molar-refractivity contribution in [3.05, 3.63) is 23.3 Å². The zero-order chi connectivity index (χ0) is 12.6. The van der Waals surface area contributed by atoms with Crippen LogP contribution in [0.3, 0.4) is 0 Å². The SMILES string of the molecule is Cc1cc2c(cc1C(C)N)OCC(C)(C)CO2. The summed E-state index contributed by atoms with van der Waals surface area (Å²) < 4.78 is 11.6.